The molecule has 0 radical (unpaired) electrons. The zero-order valence-electron chi connectivity index (χ0n) is 8.93. The summed E-state index contributed by atoms with van der Waals surface area (Å²) in [5.74, 6) is 1.52. The van der Waals surface area contributed by atoms with Gasteiger partial charge in [0.1, 0.15) is 5.82 Å². The first-order chi connectivity index (χ1) is 7.70. The molecule has 0 fully saturated rings. The molecule has 4 heteroatoms. The summed E-state index contributed by atoms with van der Waals surface area (Å²) in [6.45, 7) is 2.09. The number of alkyl halides is 1. The van der Waals surface area contributed by atoms with E-state index in [2.05, 4.69) is 45.0 Å². The highest BCUT2D eigenvalue weighted by Crippen LogP contribution is 2.25. The SMILES string of the molecule is Cc1ccc(Br)cc1-c1cnc(CCCl)[nH]1. The topological polar surface area (TPSA) is 28.7 Å². The molecular formula is C12H12BrClN2. The Morgan fingerprint density at radius 1 is 1.44 bits per heavy atom. The lowest BCUT2D eigenvalue weighted by Crippen LogP contribution is -1.89. The lowest BCUT2D eigenvalue weighted by Gasteiger charge is -2.03. The maximum absolute atomic E-state index is 5.68. The highest BCUT2D eigenvalue weighted by atomic mass is 79.9. The van der Waals surface area contributed by atoms with Gasteiger partial charge < -0.3 is 4.98 Å². The van der Waals surface area contributed by atoms with Crippen molar-refractivity contribution in [3.8, 4) is 11.3 Å². The number of halogens is 2. The van der Waals surface area contributed by atoms with Gasteiger partial charge in [-0.15, -0.1) is 11.6 Å². The monoisotopic (exact) mass is 298 g/mol. The predicted octanol–water partition coefficient (Wildman–Crippen LogP) is 3.93. The number of aromatic amines is 1. The Morgan fingerprint density at radius 2 is 2.25 bits per heavy atom. The first-order valence-electron chi connectivity index (χ1n) is 5.07. The Morgan fingerprint density at radius 3 is 3.00 bits per heavy atom. The summed E-state index contributed by atoms with van der Waals surface area (Å²) in [7, 11) is 0. The zero-order valence-corrected chi connectivity index (χ0v) is 11.3. The van der Waals surface area contributed by atoms with E-state index >= 15 is 0 Å². The van der Waals surface area contributed by atoms with E-state index < -0.39 is 0 Å². The minimum absolute atomic E-state index is 0.588. The predicted molar refractivity (Wildman–Crippen MR) is 70.9 cm³/mol. The van der Waals surface area contributed by atoms with Crippen LogP contribution >= 0.6 is 27.5 Å². The molecular weight excluding hydrogens is 288 g/mol. The number of imidazole rings is 1. The second-order valence-electron chi connectivity index (χ2n) is 3.64. The smallest absolute Gasteiger partial charge is 0.107 e. The summed E-state index contributed by atoms with van der Waals surface area (Å²) in [5.41, 5.74) is 3.44. The number of aryl methyl sites for hydroxylation is 2. The van der Waals surface area contributed by atoms with Crippen LogP contribution in [0.3, 0.4) is 0 Å². The number of aromatic nitrogens is 2. The second-order valence-corrected chi connectivity index (χ2v) is 4.94. The molecule has 0 atom stereocenters. The van der Waals surface area contributed by atoms with Crippen molar-refractivity contribution in [2.24, 2.45) is 0 Å². The number of hydrogen-bond donors (Lipinski definition) is 1. The van der Waals surface area contributed by atoms with Crippen LogP contribution in [0.2, 0.25) is 0 Å². The van der Waals surface area contributed by atoms with Gasteiger partial charge in [0.05, 0.1) is 11.9 Å². The van der Waals surface area contributed by atoms with Crippen molar-refractivity contribution < 1.29 is 0 Å². The summed E-state index contributed by atoms with van der Waals surface area (Å²) in [4.78, 5) is 7.58. The summed E-state index contributed by atoms with van der Waals surface area (Å²) >= 11 is 9.16. The minimum atomic E-state index is 0.588. The van der Waals surface area contributed by atoms with Crippen LogP contribution in [-0.4, -0.2) is 15.8 Å². The molecule has 2 aromatic rings. The molecule has 16 heavy (non-hydrogen) atoms. The first kappa shape index (κ1) is 11.7. The largest absolute Gasteiger partial charge is 0.342 e. The van der Waals surface area contributed by atoms with Crippen molar-refractivity contribution in [3.05, 3.63) is 40.3 Å². The van der Waals surface area contributed by atoms with Crippen molar-refractivity contribution in [2.45, 2.75) is 13.3 Å². The maximum atomic E-state index is 5.68. The molecule has 84 valence electrons. The average molecular weight is 300 g/mol. The van der Waals surface area contributed by atoms with Gasteiger partial charge in [0.15, 0.2) is 0 Å². The van der Waals surface area contributed by atoms with Gasteiger partial charge >= 0.3 is 0 Å². The molecule has 0 amide bonds. The Balaban J connectivity index is 2.38. The van der Waals surface area contributed by atoms with Crippen LogP contribution in [0, 0.1) is 6.92 Å². The van der Waals surface area contributed by atoms with E-state index in [1.54, 1.807) is 0 Å². The Kier molecular flexibility index (Phi) is 3.66. The van der Waals surface area contributed by atoms with E-state index in [1.165, 1.54) is 11.1 Å². The van der Waals surface area contributed by atoms with Gasteiger partial charge in [-0.3, -0.25) is 0 Å². The van der Waals surface area contributed by atoms with Crippen molar-refractivity contribution >= 4 is 27.5 Å². The zero-order chi connectivity index (χ0) is 11.5. The Bertz CT molecular complexity index is 494. The number of H-pyrrole nitrogens is 1. The molecule has 0 spiro atoms. The van der Waals surface area contributed by atoms with E-state index in [1.807, 2.05) is 12.3 Å². The van der Waals surface area contributed by atoms with Crippen LogP contribution in [0.15, 0.2) is 28.9 Å². The number of rotatable bonds is 3. The number of benzene rings is 1. The fourth-order valence-electron chi connectivity index (χ4n) is 1.60. The highest BCUT2D eigenvalue weighted by Gasteiger charge is 2.06. The lowest BCUT2D eigenvalue weighted by molar-refractivity contribution is 0.996. The minimum Gasteiger partial charge on any atom is -0.342 e. The van der Waals surface area contributed by atoms with Crippen LogP contribution in [0.4, 0.5) is 0 Å². The van der Waals surface area contributed by atoms with E-state index in [0.717, 1.165) is 22.4 Å². The molecule has 0 aliphatic carbocycles. The molecule has 1 N–H and O–H groups in total. The van der Waals surface area contributed by atoms with Gasteiger partial charge in [0, 0.05) is 22.3 Å². The average Bonchev–Trinajstić information content (AvgIpc) is 2.71. The highest BCUT2D eigenvalue weighted by molar-refractivity contribution is 9.10. The summed E-state index contributed by atoms with van der Waals surface area (Å²) in [6.07, 6.45) is 2.63. The van der Waals surface area contributed by atoms with Crippen molar-refractivity contribution in [1.29, 1.82) is 0 Å². The number of hydrogen-bond acceptors (Lipinski definition) is 1. The third-order valence-corrected chi connectivity index (χ3v) is 3.13. The van der Waals surface area contributed by atoms with Crippen LogP contribution < -0.4 is 0 Å². The molecule has 1 aromatic heterocycles. The van der Waals surface area contributed by atoms with E-state index in [9.17, 15) is 0 Å². The normalized spacial score (nSPS) is 10.7. The first-order valence-corrected chi connectivity index (χ1v) is 6.40. The third-order valence-electron chi connectivity index (χ3n) is 2.45. The number of nitrogens with one attached hydrogen (secondary N) is 1. The van der Waals surface area contributed by atoms with Crippen LogP contribution in [0.1, 0.15) is 11.4 Å². The lowest BCUT2D eigenvalue weighted by atomic mass is 10.1. The molecule has 0 saturated carbocycles. The standard InChI is InChI=1S/C12H12BrClN2/c1-8-2-3-9(13)6-10(8)11-7-15-12(16-11)4-5-14/h2-3,6-7H,4-5H2,1H3,(H,15,16). The molecule has 0 saturated heterocycles. The molecule has 1 aromatic carbocycles. The summed E-state index contributed by atoms with van der Waals surface area (Å²) < 4.78 is 1.07. The fraction of sp³-hybridized carbons (Fsp3) is 0.250. The maximum Gasteiger partial charge on any atom is 0.107 e. The van der Waals surface area contributed by atoms with Gasteiger partial charge in [0.2, 0.25) is 0 Å². The molecule has 1 heterocycles. The molecule has 0 aliphatic rings. The van der Waals surface area contributed by atoms with E-state index in [0.29, 0.717) is 5.88 Å². The van der Waals surface area contributed by atoms with Crippen molar-refractivity contribution in [1.82, 2.24) is 9.97 Å². The van der Waals surface area contributed by atoms with Gasteiger partial charge in [-0.05, 0) is 24.6 Å². The van der Waals surface area contributed by atoms with Crippen LogP contribution in [-0.2, 0) is 6.42 Å². The Hall–Kier alpha value is -0.800. The van der Waals surface area contributed by atoms with E-state index in [4.69, 9.17) is 11.6 Å². The molecule has 0 bridgehead atoms. The fourth-order valence-corrected chi connectivity index (χ4v) is 2.14. The van der Waals surface area contributed by atoms with Gasteiger partial charge in [-0.1, -0.05) is 22.0 Å². The quantitative estimate of drug-likeness (QED) is 0.855. The van der Waals surface area contributed by atoms with Gasteiger partial charge in [-0.25, -0.2) is 4.98 Å². The van der Waals surface area contributed by atoms with Crippen LogP contribution in [0.5, 0.6) is 0 Å². The van der Waals surface area contributed by atoms with E-state index in [-0.39, 0.29) is 0 Å². The number of nitrogens with zero attached hydrogens (tertiary/aromatic N) is 1. The molecule has 2 nitrogen and oxygen atoms in total. The Labute approximate surface area is 108 Å². The third kappa shape index (κ3) is 2.47. The molecule has 0 unspecified atom stereocenters. The van der Waals surface area contributed by atoms with Crippen molar-refractivity contribution in [3.63, 3.8) is 0 Å². The van der Waals surface area contributed by atoms with Gasteiger partial charge in [-0.2, -0.15) is 0 Å². The van der Waals surface area contributed by atoms with Crippen LogP contribution in [0.25, 0.3) is 11.3 Å². The summed E-state index contributed by atoms with van der Waals surface area (Å²) in [5, 5.41) is 0. The molecule has 2 rings (SSSR count). The molecule has 0 aliphatic heterocycles. The summed E-state index contributed by atoms with van der Waals surface area (Å²) in [6, 6.07) is 6.21. The van der Waals surface area contributed by atoms with Gasteiger partial charge in [0.25, 0.3) is 0 Å². The van der Waals surface area contributed by atoms with Crippen molar-refractivity contribution in [2.75, 3.05) is 5.88 Å². The second kappa shape index (κ2) is 5.02.